The SMILES string of the molecule is O=C(Nc1ccc(Cl)cc1)Nc1cc(F)cc(C2=NCCN2)c1. The molecule has 0 saturated carbocycles. The maximum absolute atomic E-state index is 13.7. The van der Waals surface area contributed by atoms with E-state index in [1.165, 1.54) is 12.1 Å². The molecule has 23 heavy (non-hydrogen) atoms. The molecular formula is C16H14ClFN4O. The van der Waals surface area contributed by atoms with Gasteiger partial charge in [-0.05, 0) is 42.5 Å². The van der Waals surface area contributed by atoms with Crippen LogP contribution < -0.4 is 16.0 Å². The van der Waals surface area contributed by atoms with Crippen LogP contribution in [0.2, 0.25) is 5.02 Å². The molecule has 0 saturated heterocycles. The Labute approximate surface area is 137 Å². The van der Waals surface area contributed by atoms with Gasteiger partial charge in [0.1, 0.15) is 11.7 Å². The first kappa shape index (κ1) is 15.3. The van der Waals surface area contributed by atoms with Gasteiger partial charge in [0.05, 0.1) is 6.54 Å². The molecule has 0 aliphatic carbocycles. The monoisotopic (exact) mass is 332 g/mol. The molecule has 3 rings (SSSR count). The van der Waals surface area contributed by atoms with Gasteiger partial charge in [0.2, 0.25) is 0 Å². The minimum Gasteiger partial charge on any atom is -0.368 e. The fourth-order valence-electron chi connectivity index (χ4n) is 2.22. The summed E-state index contributed by atoms with van der Waals surface area (Å²) < 4.78 is 13.7. The number of carbonyl (C=O) groups excluding carboxylic acids is 1. The van der Waals surface area contributed by atoms with E-state index < -0.39 is 11.8 Å². The lowest BCUT2D eigenvalue weighted by atomic mass is 10.1. The molecule has 0 aromatic heterocycles. The second kappa shape index (κ2) is 6.66. The van der Waals surface area contributed by atoms with Gasteiger partial charge < -0.3 is 16.0 Å². The number of urea groups is 1. The molecule has 3 N–H and O–H groups in total. The molecular weight excluding hydrogens is 319 g/mol. The highest BCUT2D eigenvalue weighted by Crippen LogP contribution is 2.17. The molecule has 0 unspecified atom stereocenters. The van der Waals surface area contributed by atoms with Crippen LogP contribution in [-0.2, 0) is 0 Å². The third-order valence-corrected chi connectivity index (χ3v) is 3.46. The number of anilines is 2. The van der Waals surface area contributed by atoms with Crippen molar-refractivity contribution in [3.63, 3.8) is 0 Å². The first-order valence-corrected chi connectivity index (χ1v) is 7.41. The van der Waals surface area contributed by atoms with Crippen molar-refractivity contribution in [1.29, 1.82) is 0 Å². The van der Waals surface area contributed by atoms with E-state index in [0.29, 0.717) is 34.3 Å². The molecule has 1 aliphatic heterocycles. The molecule has 2 aromatic carbocycles. The van der Waals surface area contributed by atoms with E-state index in [-0.39, 0.29) is 0 Å². The number of amidine groups is 1. The van der Waals surface area contributed by atoms with Crippen LogP contribution in [0.5, 0.6) is 0 Å². The first-order chi connectivity index (χ1) is 11.1. The van der Waals surface area contributed by atoms with Gasteiger partial charge >= 0.3 is 6.03 Å². The number of aliphatic imine (C=N–C) groups is 1. The molecule has 5 nitrogen and oxygen atoms in total. The number of hydrogen-bond acceptors (Lipinski definition) is 3. The van der Waals surface area contributed by atoms with Crippen LogP contribution in [0, 0.1) is 5.82 Å². The molecule has 2 aromatic rings. The Hall–Kier alpha value is -2.60. The van der Waals surface area contributed by atoms with Crippen molar-refractivity contribution in [2.75, 3.05) is 23.7 Å². The predicted molar refractivity (Wildman–Crippen MR) is 89.9 cm³/mol. The third kappa shape index (κ3) is 3.98. The van der Waals surface area contributed by atoms with Crippen LogP contribution in [0.3, 0.4) is 0 Å². The van der Waals surface area contributed by atoms with Gasteiger partial charge in [0.15, 0.2) is 0 Å². The summed E-state index contributed by atoms with van der Waals surface area (Å²) >= 11 is 5.79. The molecule has 0 spiro atoms. The van der Waals surface area contributed by atoms with E-state index in [9.17, 15) is 9.18 Å². The smallest absolute Gasteiger partial charge is 0.323 e. The minimum absolute atomic E-state index is 0.350. The van der Waals surface area contributed by atoms with E-state index >= 15 is 0 Å². The Morgan fingerprint density at radius 3 is 2.57 bits per heavy atom. The molecule has 1 aliphatic rings. The van der Waals surface area contributed by atoms with E-state index in [0.717, 1.165) is 6.54 Å². The van der Waals surface area contributed by atoms with Crippen molar-refractivity contribution in [3.8, 4) is 0 Å². The Kier molecular flexibility index (Phi) is 4.43. The molecule has 2 amide bonds. The number of benzene rings is 2. The van der Waals surface area contributed by atoms with E-state index in [1.807, 2.05) is 0 Å². The summed E-state index contributed by atoms with van der Waals surface area (Å²) in [4.78, 5) is 16.2. The molecule has 0 fully saturated rings. The van der Waals surface area contributed by atoms with E-state index in [1.54, 1.807) is 30.3 Å². The fraction of sp³-hybridized carbons (Fsp3) is 0.125. The maximum Gasteiger partial charge on any atom is 0.323 e. The highest BCUT2D eigenvalue weighted by Gasteiger charge is 2.12. The summed E-state index contributed by atoms with van der Waals surface area (Å²) in [6, 6.07) is 10.5. The lowest BCUT2D eigenvalue weighted by Gasteiger charge is -2.10. The van der Waals surface area contributed by atoms with Crippen LogP contribution in [0.1, 0.15) is 5.56 Å². The number of nitrogens with one attached hydrogen (secondary N) is 3. The molecule has 0 atom stereocenters. The number of hydrogen-bond donors (Lipinski definition) is 3. The summed E-state index contributed by atoms with van der Waals surface area (Å²) in [5.41, 5.74) is 1.54. The second-order valence-electron chi connectivity index (χ2n) is 4.97. The average molecular weight is 333 g/mol. The summed E-state index contributed by atoms with van der Waals surface area (Å²) in [6.45, 7) is 1.39. The van der Waals surface area contributed by atoms with E-state index in [2.05, 4.69) is 20.9 Å². The fourth-order valence-corrected chi connectivity index (χ4v) is 2.34. The standard InChI is InChI=1S/C16H14ClFN4O/c17-11-1-3-13(4-2-11)21-16(23)22-14-8-10(7-12(18)9-14)15-19-5-6-20-15/h1-4,7-9H,5-6H2,(H,19,20)(H2,21,22,23). The van der Waals surface area contributed by atoms with Crippen molar-refractivity contribution in [3.05, 3.63) is 58.9 Å². The van der Waals surface area contributed by atoms with Gasteiger partial charge in [-0.2, -0.15) is 0 Å². The minimum atomic E-state index is -0.467. The summed E-state index contributed by atoms with van der Waals surface area (Å²) in [7, 11) is 0. The third-order valence-electron chi connectivity index (χ3n) is 3.21. The molecule has 0 radical (unpaired) electrons. The van der Waals surface area contributed by atoms with Crippen molar-refractivity contribution in [1.82, 2.24) is 5.32 Å². The van der Waals surface area contributed by atoms with Crippen molar-refractivity contribution >= 4 is 34.8 Å². The molecule has 0 bridgehead atoms. The number of halogens is 2. The van der Waals surface area contributed by atoms with Crippen molar-refractivity contribution in [2.24, 2.45) is 4.99 Å². The molecule has 118 valence electrons. The Balaban J connectivity index is 1.71. The second-order valence-corrected chi connectivity index (χ2v) is 5.41. The van der Waals surface area contributed by atoms with Gasteiger partial charge in [-0.15, -0.1) is 0 Å². The largest absolute Gasteiger partial charge is 0.368 e. The van der Waals surface area contributed by atoms with Gasteiger partial charge in [-0.25, -0.2) is 9.18 Å². The highest BCUT2D eigenvalue weighted by molar-refractivity contribution is 6.30. The van der Waals surface area contributed by atoms with Crippen LogP contribution in [-0.4, -0.2) is 25.0 Å². The zero-order valence-corrected chi connectivity index (χ0v) is 12.8. The zero-order chi connectivity index (χ0) is 16.2. The van der Waals surface area contributed by atoms with Gasteiger partial charge in [0, 0.05) is 28.5 Å². The van der Waals surface area contributed by atoms with Gasteiger partial charge in [0.25, 0.3) is 0 Å². The Morgan fingerprint density at radius 2 is 1.87 bits per heavy atom. The van der Waals surface area contributed by atoms with Crippen LogP contribution >= 0.6 is 11.6 Å². The lowest BCUT2D eigenvalue weighted by Crippen LogP contribution is -2.21. The maximum atomic E-state index is 13.7. The number of carbonyl (C=O) groups is 1. The molecule has 7 heteroatoms. The summed E-state index contributed by atoms with van der Waals surface area (Å²) in [5.74, 6) is 0.186. The van der Waals surface area contributed by atoms with Crippen molar-refractivity contribution in [2.45, 2.75) is 0 Å². The van der Waals surface area contributed by atoms with E-state index in [4.69, 9.17) is 11.6 Å². The summed E-state index contributed by atoms with van der Waals surface area (Å²) in [6.07, 6.45) is 0. The first-order valence-electron chi connectivity index (χ1n) is 7.03. The Bertz CT molecular complexity index is 761. The van der Waals surface area contributed by atoms with Crippen LogP contribution in [0.25, 0.3) is 0 Å². The number of amides is 2. The lowest BCUT2D eigenvalue weighted by molar-refractivity contribution is 0.262. The number of nitrogens with zero attached hydrogens (tertiary/aromatic N) is 1. The van der Waals surface area contributed by atoms with Gasteiger partial charge in [-0.3, -0.25) is 4.99 Å². The average Bonchev–Trinajstić information content (AvgIpc) is 3.03. The predicted octanol–water partition coefficient (Wildman–Crippen LogP) is 3.47. The normalized spacial score (nSPS) is 13.2. The zero-order valence-electron chi connectivity index (χ0n) is 12.1. The topological polar surface area (TPSA) is 65.5 Å². The van der Waals surface area contributed by atoms with Crippen molar-refractivity contribution < 1.29 is 9.18 Å². The van der Waals surface area contributed by atoms with Gasteiger partial charge in [-0.1, -0.05) is 11.6 Å². The highest BCUT2D eigenvalue weighted by atomic mass is 35.5. The Morgan fingerprint density at radius 1 is 1.13 bits per heavy atom. The quantitative estimate of drug-likeness (QED) is 0.805. The number of rotatable bonds is 3. The summed E-state index contributed by atoms with van der Waals surface area (Å²) in [5, 5.41) is 8.90. The molecule has 1 heterocycles. The van der Waals surface area contributed by atoms with Crippen LogP contribution in [0.15, 0.2) is 47.5 Å². The van der Waals surface area contributed by atoms with Crippen LogP contribution in [0.4, 0.5) is 20.6 Å².